The first-order chi connectivity index (χ1) is 15.6. The maximum atomic E-state index is 12.8. The van der Waals surface area contributed by atoms with Gasteiger partial charge in [-0.2, -0.15) is 0 Å². The molecule has 0 aromatic heterocycles. The average molecular weight is 569 g/mol. The fraction of sp³-hybridized carbons (Fsp3) is 0.625. The van der Waals surface area contributed by atoms with Crippen LogP contribution in [0.15, 0.2) is 29.3 Å². The number of hydrogen-bond donors (Lipinski definition) is 1. The second kappa shape index (κ2) is 12.5. The van der Waals surface area contributed by atoms with Crippen molar-refractivity contribution in [1.82, 2.24) is 20.0 Å². The Morgan fingerprint density at radius 1 is 1.09 bits per heavy atom. The third kappa shape index (κ3) is 6.81. The van der Waals surface area contributed by atoms with E-state index < -0.39 is 0 Å². The molecule has 4 rings (SSSR count). The van der Waals surface area contributed by atoms with E-state index in [4.69, 9.17) is 4.74 Å². The second-order valence-electron chi connectivity index (χ2n) is 8.84. The van der Waals surface area contributed by atoms with Gasteiger partial charge in [0, 0.05) is 65.2 Å². The van der Waals surface area contributed by atoms with Crippen LogP contribution in [0, 0.1) is 5.92 Å². The molecule has 1 aromatic rings. The molecule has 0 radical (unpaired) electrons. The normalized spacial score (nSPS) is 20.1. The van der Waals surface area contributed by atoms with Gasteiger partial charge in [0.05, 0.1) is 13.2 Å². The topological polar surface area (TPSA) is 77.5 Å². The molecule has 1 N–H and O–H groups in total. The summed E-state index contributed by atoms with van der Waals surface area (Å²) in [5.74, 6) is 1.52. The lowest BCUT2D eigenvalue weighted by Crippen LogP contribution is -2.49. The number of likely N-dealkylation sites (tertiary alicyclic amines) is 2. The molecule has 3 heterocycles. The molecule has 3 saturated heterocycles. The van der Waals surface area contributed by atoms with Crippen molar-refractivity contribution in [2.45, 2.75) is 38.8 Å². The van der Waals surface area contributed by atoms with E-state index in [1.165, 1.54) is 5.56 Å². The number of nitrogens with one attached hydrogen (secondary N) is 1. The molecule has 0 aliphatic carbocycles. The summed E-state index contributed by atoms with van der Waals surface area (Å²) in [6.07, 6.45) is 3.35. The maximum Gasteiger partial charge on any atom is 0.225 e. The van der Waals surface area contributed by atoms with Crippen LogP contribution in [0.5, 0.6) is 0 Å². The van der Waals surface area contributed by atoms with Crippen LogP contribution in [-0.4, -0.2) is 85.5 Å². The summed E-state index contributed by atoms with van der Waals surface area (Å²) in [6, 6.07) is 8.40. The monoisotopic (exact) mass is 569 g/mol. The number of aliphatic imine (C=N–C) groups is 1. The molecule has 8 nitrogen and oxygen atoms in total. The molecule has 33 heavy (non-hydrogen) atoms. The standard InChI is InChI=1S/C24H35N5O3.HI/c1-25-24(28-10-7-21(8-11-28)23(31)27-12-14-32-15-13-27)26-17-19-4-2-5-20(16-19)18-29-9-3-6-22(29)30;/h2,4-5,16,21H,3,6-15,17-18H2,1H3,(H,25,26);1H. The lowest BCUT2D eigenvalue weighted by molar-refractivity contribution is -0.140. The number of nitrogens with zero attached hydrogens (tertiary/aromatic N) is 4. The Hall–Kier alpha value is -1.88. The number of ether oxygens (including phenoxy) is 1. The van der Waals surface area contributed by atoms with Gasteiger partial charge in [-0.05, 0) is 30.4 Å². The van der Waals surface area contributed by atoms with Crippen molar-refractivity contribution in [3.63, 3.8) is 0 Å². The highest BCUT2D eigenvalue weighted by molar-refractivity contribution is 14.0. The fourth-order valence-corrected chi connectivity index (χ4v) is 4.82. The Morgan fingerprint density at radius 2 is 1.82 bits per heavy atom. The van der Waals surface area contributed by atoms with Crippen LogP contribution < -0.4 is 5.32 Å². The number of carbonyl (C=O) groups is 2. The van der Waals surface area contributed by atoms with Gasteiger partial charge in [-0.15, -0.1) is 24.0 Å². The van der Waals surface area contributed by atoms with E-state index in [-0.39, 0.29) is 41.7 Å². The number of halogens is 1. The summed E-state index contributed by atoms with van der Waals surface area (Å²) in [5, 5.41) is 3.48. The van der Waals surface area contributed by atoms with Crippen molar-refractivity contribution in [1.29, 1.82) is 0 Å². The number of hydrogen-bond acceptors (Lipinski definition) is 4. The summed E-state index contributed by atoms with van der Waals surface area (Å²) < 4.78 is 5.37. The minimum atomic E-state index is 0. The molecular formula is C24H36IN5O3. The van der Waals surface area contributed by atoms with E-state index in [0.29, 0.717) is 45.8 Å². The van der Waals surface area contributed by atoms with Gasteiger partial charge in [0.1, 0.15) is 0 Å². The number of guanidine groups is 1. The molecule has 0 spiro atoms. The molecule has 3 aliphatic heterocycles. The zero-order valence-corrected chi connectivity index (χ0v) is 21.8. The number of carbonyl (C=O) groups excluding carboxylic acids is 2. The minimum absolute atomic E-state index is 0. The summed E-state index contributed by atoms with van der Waals surface area (Å²) in [6.45, 7) is 6.62. The minimum Gasteiger partial charge on any atom is -0.378 e. The summed E-state index contributed by atoms with van der Waals surface area (Å²) >= 11 is 0. The first kappa shape index (κ1) is 25.7. The third-order valence-electron chi connectivity index (χ3n) is 6.67. The van der Waals surface area contributed by atoms with Crippen molar-refractivity contribution >= 4 is 41.8 Å². The first-order valence-corrected chi connectivity index (χ1v) is 11.8. The molecule has 0 bridgehead atoms. The maximum absolute atomic E-state index is 12.8. The van der Waals surface area contributed by atoms with Crippen LogP contribution in [0.2, 0.25) is 0 Å². The molecule has 1 aromatic carbocycles. The predicted molar refractivity (Wildman–Crippen MR) is 138 cm³/mol. The van der Waals surface area contributed by atoms with E-state index in [2.05, 4.69) is 39.5 Å². The van der Waals surface area contributed by atoms with E-state index in [9.17, 15) is 9.59 Å². The fourth-order valence-electron chi connectivity index (χ4n) is 4.82. The molecule has 0 atom stereocenters. The smallest absolute Gasteiger partial charge is 0.225 e. The number of amides is 2. The zero-order valence-electron chi connectivity index (χ0n) is 19.5. The van der Waals surface area contributed by atoms with Gasteiger partial charge in [-0.25, -0.2) is 0 Å². The molecule has 0 unspecified atom stereocenters. The molecule has 3 fully saturated rings. The second-order valence-corrected chi connectivity index (χ2v) is 8.84. The van der Waals surface area contributed by atoms with Crippen molar-refractivity contribution < 1.29 is 14.3 Å². The van der Waals surface area contributed by atoms with Gasteiger partial charge in [-0.1, -0.05) is 24.3 Å². The van der Waals surface area contributed by atoms with Crippen LogP contribution in [-0.2, 0) is 27.4 Å². The van der Waals surface area contributed by atoms with Gasteiger partial charge in [0.25, 0.3) is 0 Å². The van der Waals surface area contributed by atoms with Crippen LogP contribution >= 0.6 is 24.0 Å². The Morgan fingerprint density at radius 3 is 2.48 bits per heavy atom. The van der Waals surface area contributed by atoms with E-state index in [1.54, 1.807) is 0 Å². The number of piperidine rings is 1. The largest absolute Gasteiger partial charge is 0.378 e. The van der Waals surface area contributed by atoms with Gasteiger partial charge in [-0.3, -0.25) is 14.6 Å². The van der Waals surface area contributed by atoms with Crippen molar-refractivity contribution in [3.05, 3.63) is 35.4 Å². The number of morpholine rings is 1. The van der Waals surface area contributed by atoms with Gasteiger partial charge < -0.3 is 24.8 Å². The highest BCUT2D eigenvalue weighted by Gasteiger charge is 2.30. The SMILES string of the molecule is CN=C(NCc1cccc(CN2CCCC2=O)c1)N1CCC(C(=O)N2CCOCC2)CC1.I. The Labute approximate surface area is 213 Å². The van der Waals surface area contributed by atoms with Gasteiger partial charge in [0.2, 0.25) is 11.8 Å². The Kier molecular flexibility index (Phi) is 9.78. The van der Waals surface area contributed by atoms with Gasteiger partial charge in [0.15, 0.2) is 5.96 Å². The molecule has 0 saturated carbocycles. The lowest BCUT2D eigenvalue weighted by atomic mass is 9.95. The zero-order chi connectivity index (χ0) is 22.3. The first-order valence-electron chi connectivity index (χ1n) is 11.8. The average Bonchev–Trinajstić information content (AvgIpc) is 3.24. The molecular weight excluding hydrogens is 533 g/mol. The Bertz CT molecular complexity index is 835. The third-order valence-corrected chi connectivity index (χ3v) is 6.67. The van der Waals surface area contributed by atoms with Crippen LogP contribution in [0.1, 0.15) is 36.8 Å². The summed E-state index contributed by atoms with van der Waals surface area (Å²) in [4.78, 5) is 35.3. The molecule has 182 valence electrons. The van der Waals surface area contributed by atoms with E-state index in [1.807, 2.05) is 16.8 Å². The van der Waals surface area contributed by atoms with Crippen molar-refractivity contribution in [2.75, 3.05) is 53.0 Å². The highest BCUT2D eigenvalue weighted by Crippen LogP contribution is 2.21. The van der Waals surface area contributed by atoms with Crippen molar-refractivity contribution in [2.24, 2.45) is 10.9 Å². The Balaban J connectivity index is 0.00000306. The van der Waals surface area contributed by atoms with Gasteiger partial charge >= 0.3 is 0 Å². The highest BCUT2D eigenvalue weighted by atomic mass is 127. The van der Waals surface area contributed by atoms with Crippen molar-refractivity contribution in [3.8, 4) is 0 Å². The number of benzene rings is 1. The van der Waals surface area contributed by atoms with E-state index >= 15 is 0 Å². The summed E-state index contributed by atoms with van der Waals surface area (Å²) in [5.41, 5.74) is 2.34. The predicted octanol–water partition coefficient (Wildman–Crippen LogP) is 2.07. The quantitative estimate of drug-likeness (QED) is 0.334. The van der Waals surface area contributed by atoms with Crippen LogP contribution in [0.25, 0.3) is 0 Å². The lowest BCUT2D eigenvalue weighted by Gasteiger charge is -2.36. The summed E-state index contributed by atoms with van der Waals surface area (Å²) in [7, 11) is 1.81. The molecule has 9 heteroatoms. The van der Waals surface area contributed by atoms with Crippen LogP contribution in [0.4, 0.5) is 0 Å². The molecule has 2 amide bonds. The van der Waals surface area contributed by atoms with E-state index in [0.717, 1.165) is 50.4 Å². The molecule has 3 aliphatic rings. The number of rotatable bonds is 5. The van der Waals surface area contributed by atoms with Crippen LogP contribution in [0.3, 0.4) is 0 Å².